The number of hydrogen-bond acceptors (Lipinski definition) is 5. The number of nitro groups is 1. The second-order valence-corrected chi connectivity index (χ2v) is 5.38. The number of non-ortho nitro benzene ring substituents is 1. The number of hydrogen-bond donors (Lipinski definition) is 0. The zero-order valence-corrected chi connectivity index (χ0v) is 13.2. The summed E-state index contributed by atoms with van der Waals surface area (Å²) in [5, 5.41) is 15.6. The molecule has 0 saturated carbocycles. The van der Waals surface area contributed by atoms with Crippen molar-refractivity contribution in [1.29, 1.82) is 0 Å². The van der Waals surface area contributed by atoms with Crippen LogP contribution >= 0.6 is 0 Å². The minimum atomic E-state index is -0.704. The molecule has 3 rings (SSSR count). The van der Waals surface area contributed by atoms with E-state index in [1.54, 1.807) is 13.0 Å². The summed E-state index contributed by atoms with van der Waals surface area (Å²) < 4.78 is 0. The number of nitro benzene ring substituents is 1. The molecule has 0 aromatic heterocycles. The number of carbonyl (C=O) groups is 2. The fraction of sp³-hybridized carbons (Fsp3) is 0.0556. The third-order valence-electron chi connectivity index (χ3n) is 3.67. The summed E-state index contributed by atoms with van der Waals surface area (Å²) in [6.07, 6.45) is 1.65. The molecule has 2 amide bonds. The predicted octanol–water partition coefficient (Wildman–Crippen LogP) is 3.04. The highest BCUT2D eigenvalue weighted by Crippen LogP contribution is 2.22. The molecule has 0 spiro atoms. The van der Waals surface area contributed by atoms with Crippen molar-refractivity contribution in [3.05, 3.63) is 81.4 Å². The Morgan fingerprint density at radius 1 is 1.16 bits per heavy atom. The molecule has 1 heterocycles. The lowest BCUT2D eigenvalue weighted by atomic mass is 10.1. The highest BCUT2D eigenvalue weighted by molar-refractivity contribution is 6.30. The molecule has 7 heteroatoms. The van der Waals surface area contributed by atoms with Gasteiger partial charge in [-0.15, -0.1) is 0 Å². The maximum atomic E-state index is 12.5. The lowest BCUT2D eigenvalue weighted by Crippen LogP contribution is -2.29. The van der Waals surface area contributed by atoms with E-state index < -0.39 is 16.7 Å². The first-order valence-corrected chi connectivity index (χ1v) is 7.43. The molecular formula is C18H13N3O4. The summed E-state index contributed by atoms with van der Waals surface area (Å²) in [4.78, 5) is 35.3. The molecule has 1 aliphatic heterocycles. The van der Waals surface area contributed by atoms with Crippen LogP contribution in [0.3, 0.4) is 0 Å². The largest absolute Gasteiger partial charge is 0.283 e. The Hall–Kier alpha value is -3.61. The zero-order chi connectivity index (χ0) is 18.0. The second-order valence-electron chi connectivity index (χ2n) is 5.38. The number of amides is 2. The third kappa shape index (κ3) is 3.20. The van der Waals surface area contributed by atoms with Crippen LogP contribution in [0.1, 0.15) is 22.8 Å². The van der Waals surface area contributed by atoms with Gasteiger partial charge in [-0.2, -0.15) is 10.1 Å². The Morgan fingerprint density at radius 3 is 2.56 bits per heavy atom. The summed E-state index contributed by atoms with van der Waals surface area (Å²) in [6, 6.07) is 14.4. The van der Waals surface area contributed by atoms with Gasteiger partial charge in [0.05, 0.1) is 16.2 Å². The smallest absolute Gasteiger partial charge is 0.267 e. The molecule has 0 N–H and O–H groups in total. The number of nitrogens with zero attached hydrogens (tertiary/aromatic N) is 3. The molecule has 0 unspecified atom stereocenters. The van der Waals surface area contributed by atoms with Crippen molar-refractivity contribution >= 4 is 29.3 Å². The van der Waals surface area contributed by atoms with Crippen molar-refractivity contribution in [1.82, 2.24) is 5.01 Å². The van der Waals surface area contributed by atoms with E-state index in [2.05, 4.69) is 5.10 Å². The van der Waals surface area contributed by atoms with Crippen LogP contribution in [0.2, 0.25) is 0 Å². The summed E-state index contributed by atoms with van der Waals surface area (Å²) in [6.45, 7) is 1.63. The maximum absolute atomic E-state index is 12.5. The number of carbonyl (C=O) groups excluding carboxylic acids is 2. The van der Waals surface area contributed by atoms with Crippen LogP contribution in [-0.4, -0.2) is 27.5 Å². The molecule has 0 radical (unpaired) electrons. The minimum Gasteiger partial charge on any atom is -0.267 e. The number of imide groups is 1. The summed E-state index contributed by atoms with van der Waals surface area (Å²) in [7, 11) is 0. The number of hydrazone groups is 1. The first-order chi connectivity index (χ1) is 12.0. The highest BCUT2D eigenvalue weighted by Gasteiger charge is 2.33. The summed E-state index contributed by atoms with van der Waals surface area (Å²) in [5.74, 6) is -1.26. The third-order valence-corrected chi connectivity index (χ3v) is 3.67. The van der Waals surface area contributed by atoms with Crippen molar-refractivity contribution < 1.29 is 14.5 Å². The first-order valence-electron chi connectivity index (χ1n) is 7.43. The van der Waals surface area contributed by atoms with Gasteiger partial charge < -0.3 is 0 Å². The Morgan fingerprint density at radius 2 is 1.88 bits per heavy atom. The van der Waals surface area contributed by atoms with Gasteiger partial charge in [0.25, 0.3) is 17.5 Å². The lowest BCUT2D eigenvalue weighted by Gasteiger charge is -2.09. The molecule has 0 fully saturated rings. The molecule has 0 atom stereocenters. The van der Waals surface area contributed by atoms with E-state index >= 15 is 0 Å². The SMILES string of the molecule is CC1=NN(C(=O)c2cccc([N+](=O)[O-])c2)C(=O)/C1=C\c1ccccc1. The van der Waals surface area contributed by atoms with Crippen LogP contribution in [0.4, 0.5) is 5.69 Å². The van der Waals surface area contributed by atoms with Gasteiger partial charge in [0.2, 0.25) is 0 Å². The van der Waals surface area contributed by atoms with Crippen molar-refractivity contribution in [2.24, 2.45) is 5.10 Å². The van der Waals surface area contributed by atoms with Gasteiger partial charge in [-0.25, -0.2) is 0 Å². The van der Waals surface area contributed by atoms with E-state index in [-0.39, 0.29) is 11.3 Å². The van der Waals surface area contributed by atoms with Gasteiger partial charge >= 0.3 is 0 Å². The van der Waals surface area contributed by atoms with E-state index in [0.29, 0.717) is 11.3 Å². The lowest BCUT2D eigenvalue weighted by molar-refractivity contribution is -0.384. The van der Waals surface area contributed by atoms with Gasteiger partial charge in [-0.1, -0.05) is 36.4 Å². The molecule has 7 nitrogen and oxygen atoms in total. The molecule has 0 aliphatic carbocycles. The number of rotatable bonds is 3. The van der Waals surface area contributed by atoms with Gasteiger partial charge in [0.1, 0.15) is 0 Å². The monoisotopic (exact) mass is 335 g/mol. The molecule has 2 aromatic rings. The molecule has 25 heavy (non-hydrogen) atoms. The molecule has 2 aromatic carbocycles. The average Bonchev–Trinajstić information content (AvgIpc) is 2.90. The van der Waals surface area contributed by atoms with E-state index in [1.165, 1.54) is 18.2 Å². The fourth-order valence-electron chi connectivity index (χ4n) is 2.41. The van der Waals surface area contributed by atoms with Crippen LogP contribution in [-0.2, 0) is 4.79 Å². The highest BCUT2D eigenvalue weighted by atomic mass is 16.6. The van der Waals surface area contributed by atoms with E-state index in [1.807, 2.05) is 30.3 Å². The van der Waals surface area contributed by atoms with Crippen molar-refractivity contribution in [3.63, 3.8) is 0 Å². The van der Waals surface area contributed by atoms with Gasteiger partial charge in [0, 0.05) is 17.7 Å². The fourth-order valence-corrected chi connectivity index (χ4v) is 2.41. The molecule has 124 valence electrons. The second kappa shape index (κ2) is 6.48. The Labute approximate surface area is 143 Å². The van der Waals surface area contributed by atoms with Gasteiger partial charge in [0.15, 0.2) is 0 Å². The zero-order valence-electron chi connectivity index (χ0n) is 13.2. The van der Waals surface area contributed by atoms with Gasteiger partial charge in [-0.05, 0) is 24.6 Å². The molecule has 0 bridgehead atoms. The van der Waals surface area contributed by atoms with Crippen LogP contribution in [0, 0.1) is 10.1 Å². The van der Waals surface area contributed by atoms with Crippen LogP contribution < -0.4 is 0 Å². The first kappa shape index (κ1) is 16.3. The quantitative estimate of drug-likeness (QED) is 0.373. The Balaban J connectivity index is 1.91. The number of benzene rings is 2. The Bertz CT molecular complexity index is 932. The average molecular weight is 335 g/mol. The van der Waals surface area contributed by atoms with Crippen molar-refractivity contribution in [2.75, 3.05) is 0 Å². The van der Waals surface area contributed by atoms with E-state index in [9.17, 15) is 19.7 Å². The van der Waals surface area contributed by atoms with Crippen LogP contribution in [0.15, 0.2) is 65.3 Å². The normalized spacial score (nSPS) is 15.4. The van der Waals surface area contributed by atoms with Gasteiger partial charge in [-0.3, -0.25) is 19.7 Å². The maximum Gasteiger partial charge on any atom is 0.283 e. The summed E-state index contributed by atoms with van der Waals surface area (Å²) in [5.41, 5.74) is 1.33. The van der Waals surface area contributed by atoms with E-state index in [0.717, 1.165) is 16.6 Å². The molecule has 0 saturated heterocycles. The molecule has 1 aliphatic rings. The standard InChI is InChI=1S/C18H13N3O4/c1-12-16(10-13-6-3-2-4-7-13)18(23)20(19-12)17(22)14-8-5-9-15(11-14)21(24)25/h2-11H,1H3/b16-10-. The summed E-state index contributed by atoms with van der Waals surface area (Å²) >= 11 is 0. The minimum absolute atomic E-state index is 0.0278. The Kier molecular flexibility index (Phi) is 4.21. The van der Waals surface area contributed by atoms with E-state index in [4.69, 9.17) is 0 Å². The topological polar surface area (TPSA) is 92.9 Å². The van der Waals surface area contributed by atoms with Crippen molar-refractivity contribution in [2.45, 2.75) is 6.92 Å². The van der Waals surface area contributed by atoms with Crippen LogP contribution in [0.5, 0.6) is 0 Å². The predicted molar refractivity (Wildman–Crippen MR) is 91.8 cm³/mol. The molecular weight excluding hydrogens is 322 g/mol. The van der Waals surface area contributed by atoms with Crippen LogP contribution in [0.25, 0.3) is 6.08 Å². The van der Waals surface area contributed by atoms with Crippen molar-refractivity contribution in [3.8, 4) is 0 Å².